The normalized spacial score (nSPS) is 18.1. The van der Waals surface area contributed by atoms with Gasteiger partial charge in [-0.15, -0.1) is 0 Å². The zero-order valence-corrected chi connectivity index (χ0v) is 11.2. The van der Waals surface area contributed by atoms with Crippen molar-refractivity contribution in [3.05, 3.63) is 0 Å². The van der Waals surface area contributed by atoms with E-state index in [4.69, 9.17) is 4.74 Å². The van der Waals surface area contributed by atoms with Gasteiger partial charge in [0.25, 0.3) is 0 Å². The van der Waals surface area contributed by atoms with Gasteiger partial charge in [-0.05, 0) is 13.3 Å². The molecule has 1 rings (SSSR count). The number of ether oxygens (including phenoxy) is 1. The molecule has 0 bridgehead atoms. The summed E-state index contributed by atoms with van der Waals surface area (Å²) in [5.74, 6) is 0.253. The topological polar surface area (TPSA) is 41.6 Å². The molecule has 0 aromatic rings. The minimum absolute atomic E-state index is 0.253. The van der Waals surface area contributed by atoms with Crippen molar-refractivity contribution in [2.24, 2.45) is 0 Å². The second-order valence-electron chi connectivity index (χ2n) is 4.74. The molecular weight excluding hydrogens is 216 g/mol. The van der Waals surface area contributed by atoms with Gasteiger partial charge in [-0.1, -0.05) is 19.8 Å². The van der Waals surface area contributed by atoms with E-state index in [1.54, 1.807) is 0 Å². The average Bonchev–Trinajstić information content (AvgIpc) is 2.37. The number of carbonyl (C=O) groups is 1. The summed E-state index contributed by atoms with van der Waals surface area (Å²) in [6, 6.07) is 0.521. The van der Waals surface area contributed by atoms with E-state index in [1.807, 2.05) is 4.90 Å². The first-order valence-corrected chi connectivity index (χ1v) is 6.83. The lowest BCUT2D eigenvalue weighted by Gasteiger charge is -2.27. The first-order chi connectivity index (χ1) is 8.24. The summed E-state index contributed by atoms with van der Waals surface area (Å²) in [5.41, 5.74) is 0. The number of nitrogens with one attached hydrogen (secondary N) is 1. The minimum atomic E-state index is 0.253. The lowest BCUT2D eigenvalue weighted by molar-refractivity contribution is -0.135. The fraction of sp³-hybridized carbons (Fsp3) is 0.923. The van der Waals surface area contributed by atoms with Crippen molar-refractivity contribution in [2.45, 2.75) is 45.6 Å². The van der Waals surface area contributed by atoms with Crippen LogP contribution in [0.1, 0.15) is 39.5 Å². The van der Waals surface area contributed by atoms with Gasteiger partial charge in [0, 0.05) is 32.1 Å². The molecule has 1 aliphatic heterocycles. The van der Waals surface area contributed by atoms with Crippen LogP contribution >= 0.6 is 0 Å². The van der Waals surface area contributed by atoms with Crippen LogP contribution in [-0.4, -0.2) is 49.7 Å². The van der Waals surface area contributed by atoms with Crippen LogP contribution < -0.4 is 5.32 Å². The predicted octanol–water partition coefficient (Wildman–Crippen LogP) is 1.40. The maximum Gasteiger partial charge on any atom is 0.224 e. The highest BCUT2D eigenvalue weighted by molar-refractivity contribution is 5.76. The van der Waals surface area contributed by atoms with E-state index in [-0.39, 0.29) is 5.91 Å². The first kappa shape index (κ1) is 14.5. The van der Waals surface area contributed by atoms with Gasteiger partial charge < -0.3 is 15.0 Å². The van der Waals surface area contributed by atoms with Crippen LogP contribution in [0.15, 0.2) is 0 Å². The van der Waals surface area contributed by atoms with Gasteiger partial charge in [-0.2, -0.15) is 0 Å². The Labute approximate surface area is 105 Å². The highest BCUT2D eigenvalue weighted by Gasteiger charge is 2.16. The van der Waals surface area contributed by atoms with E-state index in [0.29, 0.717) is 25.7 Å². The van der Waals surface area contributed by atoms with Crippen molar-refractivity contribution in [3.8, 4) is 0 Å². The van der Waals surface area contributed by atoms with Gasteiger partial charge in [0.2, 0.25) is 5.91 Å². The molecule has 1 amide bonds. The first-order valence-electron chi connectivity index (χ1n) is 6.83. The summed E-state index contributed by atoms with van der Waals surface area (Å²) in [4.78, 5) is 13.7. The molecule has 0 aromatic carbocycles. The van der Waals surface area contributed by atoms with Crippen LogP contribution in [0.2, 0.25) is 0 Å². The average molecular weight is 242 g/mol. The van der Waals surface area contributed by atoms with Gasteiger partial charge in [0.05, 0.1) is 13.2 Å². The molecule has 0 aliphatic carbocycles. The molecule has 0 saturated carbocycles. The molecule has 17 heavy (non-hydrogen) atoms. The van der Waals surface area contributed by atoms with Gasteiger partial charge >= 0.3 is 0 Å². The van der Waals surface area contributed by atoms with Crippen molar-refractivity contribution in [3.63, 3.8) is 0 Å². The van der Waals surface area contributed by atoms with Crippen molar-refractivity contribution >= 4 is 5.91 Å². The molecule has 0 spiro atoms. The number of amides is 1. The molecule has 1 N–H and O–H groups in total. The maximum absolute atomic E-state index is 11.8. The maximum atomic E-state index is 11.8. The number of rotatable bonds is 7. The van der Waals surface area contributed by atoms with Crippen molar-refractivity contribution < 1.29 is 9.53 Å². The molecule has 100 valence electrons. The Balaban J connectivity index is 2.06. The van der Waals surface area contributed by atoms with Crippen molar-refractivity contribution in [2.75, 3.05) is 32.8 Å². The molecule has 1 saturated heterocycles. The van der Waals surface area contributed by atoms with E-state index in [0.717, 1.165) is 19.6 Å². The zero-order valence-electron chi connectivity index (χ0n) is 11.2. The standard InChI is InChI=1S/C13H26N2O2/c1-3-4-5-12(2)14-7-6-13(16)15-8-10-17-11-9-15/h12,14H,3-11H2,1-2H3. The fourth-order valence-corrected chi connectivity index (χ4v) is 2.01. The number of carbonyl (C=O) groups excluding carboxylic acids is 1. The molecule has 1 aliphatic rings. The number of nitrogens with zero attached hydrogens (tertiary/aromatic N) is 1. The summed E-state index contributed by atoms with van der Waals surface area (Å²) in [5, 5.41) is 3.41. The fourth-order valence-electron chi connectivity index (χ4n) is 2.01. The SMILES string of the molecule is CCCCC(C)NCCC(=O)N1CCOCC1. The largest absolute Gasteiger partial charge is 0.378 e. The van der Waals surface area contributed by atoms with Crippen LogP contribution in [-0.2, 0) is 9.53 Å². The molecule has 1 unspecified atom stereocenters. The van der Waals surface area contributed by atoms with Crippen LogP contribution in [0, 0.1) is 0 Å². The number of hydrogen-bond donors (Lipinski definition) is 1. The van der Waals surface area contributed by atoms with Gasteiger partial charge in [0.1, 0.15) is 0 Å². The highest BCUT2D eigenvalue weighted by atomic mass is 16.5. The summed E-state index contributed by atoms with van der Waals surface area (Å²) >= 11 is 0. The molecule has 1 fully saturated rings. The molecule has 4 nitrogen and oxygen atoms in total. The van der Waals surface area contributed by atoms with Gasteiger partial charge in [-0.25, -0.2) is 0 Å². The molecule has 1 heterocycles. The van der Waals surface area contributed by atoms with Gasteiger partial charge in [0.15, 0.2) is 0 Å². The van der Waals surface area contributed by atoms with Crippen LogP contribution in [0.5, 0.6) is 0 Å². The third-order valence-corrected chi connectivity index (χ3v) is 3.19. The van der Waals surface area contributed by atoms with Gasteiger partial charge in [-0.3, -0.25) is 4.79 Å². The number of morpholine rings is 1. The zero-order chi connectivity index (χ0) is 12.5. The third kappa shape index (κ3) is 6.03. The monoisotopic (exact) mass is 242 g/mol. The van der Waals surface area contributed by atoms with E-state index in [2.05, 4.69) is 19.2 Å². The van der Waals surface area contributed by atoms with E-state index in [9.17, 15) is 4.79 Å². The Bertz CT molecular complexity index is 215. The van der Waals surface area contributed by atoms with Crippen molar-refractivity contribution in [1.29, 1.82) is 0 Å². The lowest BCUT2D eigenvalue weighted by atomic mass is 10.1. The Morgan fingerprint density at radius 1 is 1.41 bits per heavy atom. The third-order valence-electron chi connectivity index (χ3n) is 3.19. The lowest BCUT2D eigenvalue weighted by Crippen LogP contribution is -2.42. The van der Waals surface area contributed by atoms with E-state index < -0.39 is 0 Å². The van der Waals surface area contributed by atoms with Crippen LogP contribution in [0.25, 0.3) is 0 Å². The quantitative estimate of drug-likeness (QED) is 0.734. The Kier molecular flexibility index (Phi) is 7.21. The van der Waals surface area contributed by atoms with E-state index >= 15 is 0 Å². The molecular formula is C13H26N2O2. The molecule has 4 heteroatoms. The summed E-state index contributed by atoms with van der Waals surface area (Å²) in [6.07, 6.45) is 4.29. The summed E-state index contributed by atoms with van der Waals surface area (Å²) in [6.45, 7) is 8.07. The number of unbranched alkanes of at least 4 members (excludes halogenated alkanes) is 1. The Morgan fingerprint density at radius 2 is 2.12 bits per heavy atom. The van der Waals surface area contributed by atoms with Crippen molar-refractivity contribution in [1.82, 2.24) is 10.2 Å². The number of hydrogen-bond acceptors (Lipinski definition) is 3. The second kappa shape index (κ2) is 8.48. The van der Waals surface area contributed by atoms with E-state index in [1.165, 1.54) is 19.3 Å². The van der Waals surface area contributed by atoms with Crippen LogP contribution in [0.4, 0.5) is 0 Å². The Morgan fingerprint density at radius 3 is 2.76 bits per heavy atom. The predicted molar refractivity (Wildman–Crippen MR) is 69.0 cm³/mol. The van der Waals surface area contributed by atoms with Crippen LogP contribution in [0.3, 0.4) is 0 Å². The molecule has 0 aromatic heterocycles. The summed E-state index contributed by atoms with van der Waals surface area (Å²) < 4.78 is 5.23. The second-order valence-corrected chi connectivity index (χ2v) is 4.74. The smallest absolute Gasteiger partial charge is 0.224 e. The summed E-state index contributed by atoms with van der Waals surface area (Å²) in [7, 11) is 0. The highest BCUT2D eigenvalue weighted by Crippen LogP contribution is 2.01. The minimum Gasteiger partial charge on any atom is -0.378 e. The molecule has 0 radical (unpaired) electrons. The Hall–Kier alpha value is -0.610. The molecule has 1 atom stereocenters.